The predicted molar refractivity (Wildman–Crippen MR) is 60.5 cm³/mol. The quantitative estimate of drug-likeness (QED) is 0.828. The maximum Gasteiger partial charge on any atom is 0.313 e. The molecule has 0 aliphatic carbocycles. The summed E-state index contributed by atoms with van der Waals surface area (Å²) in [6.07, 6.45) is -0.702. The van der Waals surface area contributed by atoms with Crippen LogP contribution in [0.4, 0.5) is 4.39 Å². The third kappa shape index (κ3) is 3.02. The fourth-order valence-corrected chi connectivity index (χ4v) is 2.61. The Labute approximate surface area is 100 Å². The largest absolute Gasteiger partial charge is 0.313 e. The third-order valence-electron chi connectivity index (χ3n) is 2.61. The Morgan fingerprint density at radius 1 is 1.35 bits per heavy atom. The SMILES string of the molecule is Cc1ccc(S(=O)(=O)ON2CC[C@H](F)C2)cc1. The number of alkyl halides is 1. The molecule has 1 atom stereocenters. The number of rotatable bonds is 3. The van der Waals surface area contributed by atoms with E-state index in [1.807, 2.05) is 6.92 Å². The normalized spacial score (nSPS) is 21.9. The summed E-state index contributed by atoms with van der Waals surface area (Å²) in [5.41, 5.74) is 0.967. The maximum absolute atomic E-state index is 12.9. The minimum atomic E-state index is -3.82. The zero-order valence-electron chi connectivity index (χ0n) is 9.47. The van der Waals surface area contributed by atoms with Crippen LogP contribution in [0.2, 0.25) is 0 Å². The van der Waals surface area contributed by atoms with E-state index in [2.05, 4.69) is 0 Å². The highest BCUT2D eigenvalue weighted by Gasteiger charge is 2.28. The van der Waals surface area contributed by atoms with Crippen LogP contribution in [0, 0.1) is 6.92 Å². The number of halogens is 1. The number of aryl methyl sites for hydroxylation is 1. The molecular weight excluding hydrogens is 245 g/mol. The summed E-state index contributed by atoms with van der Waals surface area (Å²) in [7, 11) is -3.82. The fraction of sp³-hybridized carbons (Fsp3) is 0.455. The minimum Gasteiger partial charge on any atom is -0.246 e. The Bertz CT molecular complexity index is 486. The van der Waals surface area contributed by atoms with Crippen molar-refractivity contribution in [2.24, 2.45) is 0 Å². The van der Waals surface area contributed by atoms with Crippen molar-refractivity contribution < 1.29 is 17.1 Å². The molecule has 4 nitrogen and oxygen atoms in total. The van der Waals surface area contributed by atoms with Gasteiger partial charge in [-0.25, -0.2) is 4.39 Å². The lowest BCUT2D eigenvalue weighted by atomic mass is 10.2. The number of nitrogens with zero attached hydrogens (tertiary/aromatic N) is 1. The molecule has 0 N–H and O–H groups in total. The molecule has 0 bridgehead atoms. The van der Waals surface area contributed by atoms with Gasteiger partial charge in [-0.15, -0.1) is 0 Å². The second-order valence-electron chi connectivity index (χ2n) is 4.12. The van der Waals surface area contributed by atoms with Crippen LogP contribution in [0.1, 0.15) is 12.0 Å². The van der Waals surface area contributed by atoms with Crippen molar-refractivity contribution in [2.45, 2.75) is 24.4 Å². The van der Waals surface area contributed by atoms with Crippen LogP contribution < -0.4 is 0 Å². The molecule has 0 spiro atoms. The fourth-order valence-electron chi connectivity index (χ4n) is 1.64. The Morgan fingerprint density at radius 2 is 2.00 bits per heavy atom. The maximum atomic E-state index is 12.9. The lowest BCUT2D eigenvalue weighted by Crippen LogP contribution is -2.25. The Balaban J connectivity index is 2.11. The number of hydrogen-bond acceptors (Lipinski definition) is 4. The van der Waals surface area contributed by atoms with Gasteiger partial charge in [-0.3, -0.25) is 0 Å². The molecular formula is C11H14FNO3S. The molecule has 1 aromatic rings. The lowest BCUT2D eigenvalue weighted by Gasteiger charge is -2.14. The van der Waals surface area contributed by atoms with E-state index in [4.69, 9.17) is 4.28 Å². The number of benzene rings is 1. The average molecular weight is 259 g/mol. The number of hydrogen-bond donors (Lipinski definition) is 0. The predicted octanol–water partition coefficient (Wildman–Crippen LogP) is 1.66. The summed E-state index contributed by atoms with van der Waals surface area (Å²) in [5, 5.41) is 1.15. The van der Waals surface area contributed by atoms with Crippen LogP contribution in [-0.4, -0.2) is 32.7 Å². The van der Waals surface area contributed by atoms with E-state index >= 15 is 0 Å². The lowest BCUT2D eigenvalue weighted by molar-refractivity contribution is -0.0320. The zero-order chi connectivity index (χ0) is 12.5. The smallest absolute Gasteiger partial charge is 0.246 e. The van der Waals surface area contributed by atoms with Crippen molar-refractivity contribution in [1.82, 2.24) is 5.06 Å². The highest BCUT2D eigenvalue weighted by Crippen LogP contribution is 2.19. The monoisotopic (exact) mass is 259 g/mol. The highest BCUT2D eigenvalue weighted by atomic mass is 32.2. The van der Waals surface area contributed by atoms with Gasteiger partial charge in [-0.1, -0.05) is 17.7 Å². The van der Waals surface area contributed by atoms with Crippen LogP contribution in [0.5, 0.6) is 0 Å². The second kappa shape index (κ2) is 4.72. The van der Waals surface area contributed by atoms with Gasteiger partial charge in [0.05, 0.1) is 11.4 Å². The van der Waals surface area contributed by atoms with Gasteiger partial charge in [0.2, 0.25) is 0 Å². The molecule has 0 saturated carbocycles. The van der Waals surface area contributed by atoms with Crippen molar-refractivity contribution in [1.29, 1.82) is 0 Å². The minimum absolute atomic E-state index is 0.00505. The van der Waals surface area contributed by atoms with Gasteiger partial charge in [-0.05, 0) is 25.5 Å². The molecule has 17 heavy (non-hydrogen) atoms. The molecule has 6 heteroatoms. The van der Waals surface area contributed by atoms with Gasteiger partial charge in [0.25, 0.3) is 0 Å². The molecule has 1 fully saturated rings. The first-order chi connectivity index (χ1) is 7.97. The first kappa shape index (κ1) is 12.5. The summed E-state index contributed by atoms with van der Waals surface area (Å²) < 4.78 is 41.4. The van der Waals surface area contributed by atoms with E-state index in [9.17, 15) is 12.8 Å². The van der Waals surface area contributed by atoms with Crippen LogP contribution in [0.25, 0.3) is 0 Å². The topological polar surface area (TPSA) is 46.6 Å². The van der Waals surface area contributed by atoms with Crippen molar-refractivity contribution in [2.75, 3.05) is 13.1 Å². The molecule has 0 radical (unpaired) electrons. The van der Waals surface area contributed by atoms with Crippen molar-refractivity contribution in [3.8, 4) is 0 Å². The Kier molecular flexibility index (Phi) is 3.46. The van der Waals surface area contributed by atoms with Crippen LogP contribution in [0.15, 0.2) is 29.2 Å². The van der Waals surface area contributed by atoms with Gasteiger partial charge in [0.1, 0.15) is 6.17 Å². The summed E-state index contributed by atoms with van der Waals surface area (Å²) in [6.45, 7) is 2.17. The van der Waals surface area contributed by atoms with E-state index < -0.39 is 16.3 Å². The average Bonchev–Trinajstić information content (AvgIpc) is 2.63. The number of hydroxylamine groups is 2. The Hall–Kier alpha value is -0.980. The molecule has 1 aromatic carbocycles. The van der Waals surface area contributed by atoms with Gasteiger partial charge in [-0.2, -0.15) is 17.8 Å². The molecule has 0 amide bonds. The molecule has 94 valence electrons. The molecule has 0 aromatic heterocycles. The zero-order valence-corrected chi connectivity index (χ0v) is 10.3. The van der Waals surface area contributed by atoms with E-state index in [1.54, 1.807) is 12.1 Å². The van der Waals surface area contributed by atoms with Crippen LogP contribution in [0.3, 0.4) is 0 Å². The first-order valence-corrected chi connectivity index (χ1v) is 6.78. The van der Waals surface area contributed by atoms with E-state index in [0.717, 1.165) is 10.6 Å². The standard InChI is InChI=1S/C11H14FNO3S/c1-9-2-4-11(5-3-9)17(14,15)16-13-7-6-10(12)8-13/h2-5,10H,6-8H2,1H3/t10-/m0/s1. The van der Waals surface area contributed by atoms with E-state index in [1.165, 1.54) is 12.1 Å². The van der Waals surface area contributed by atoms with Gasteiger partial charge < -0.3 is 0 Å². The highest BCUT2D eigenvalue weighted by molar-refractivity contribution is 7.86. The Morgan fingerprint density at radius 3 is 2.53 bits per heavy atom. The summed E-state index contributed by atoms with van der Waals surface area (Å²) in [6, 6.07) is 6.34. The summed E-state index contributed by atoms with van der Waals surface area (Å²) in [5.74, 6) is 0. The van der Waals surface area contributed by atoms with E-state index in [-0.39, 0.29) is 11.4 Å². The first-order valence-electron chi connectivity index (χ1n) is 5.38. The van der Waals surface area contributed by atoms with Crippen LogP contribution in [-0.2, 0) is 14.4 Å². The van der Waals surface area contributed by atoms with Crippen LogP contribution >= 0.6 is 0 Å². The molecule has 1 aliphatic rings. The molecule has 1 heterocycles. The van der Waals surface area contributed by atoms with Gasteiger partial charge in [0, 0.05) is 6.54 Å². The van der Waals surface area contributed by atoms with Gasteiger partial charge >= 0.3 is 10.1 Å². The molecule has 0 unspecified atom stereocenters. The molecule has 1 saturated heterocycles. The summed E-state index contributed by atoms with van der Waals surface area (Å²) >= 11 is 0. The van der Waals surface area contributed by atoms with Gasteiger partial charge in [0.15, 0.2) is 0 Å². The third-order valence-corrected chi connectivity index (χ3v) is 3.86. The molecule has 2 rings (SSSR count). The molecule has 1 aliphatic heterocycles. The second-order valence-corrected chi connectivity index (χ2v) is 5.64. The van der Waals surface area contributed by atoms with Crippen molar-refractivity contribution in [3.63, 3.8) is 0 Å². The van der Waals surface area contributed by atoms with Crippen molar-refractivity contribution >= 4 is 10.1 Å². The van der Waals surface area contributed by atoms with Crippen molar-refractivity contribution in [3.05, 3.63) is 29.8 Å². The van der Waals surface area contributed by atoms with E-state index in [0.29, 0.717) is 13.0 Å². The summed E-state index contributed by atoms with van der Waals surface area (Å²) in [4.78, 5) is 0.0883.